The molecule has 1 aromatic carbocycles. The van der Waals surface area contributed by atoms with Crippen LogP contribution in [-0.4, -0.2) is 57.6 Å². The van der Waals surface area contributed by atoms with Crippen molar-refractivity contribution in [1.82, 2.24) is 24.7 Å². The molecule has 1 aliphatic heterocycles. The van der Waals surface area contributed by atoms with Crippen LogP contribution in [0.1, 0.15) is 23.0 Å². The summed E-state index contributed by atoms with van der Waals surface area (Å²) in [5, 5.41) is 14.0. The maximum atomic E-state index is 13.1. The molecule has 1 aliphatic rings. The van der Waals surface area contributed by atoms with Crippen molar-refractivity contribution < 1.29 is 17.9 Å². The molecule has 10 heteroatoms. The predicted octanol–water partition coefficient (Wildman–Crippen LogP) is 2.94. The van der Waals surface area contributed by atoms with Crippen molar-refractivity contribution in [1.29, 1.82) is 0 Å². The lowest BCUT2D eigenvalue weighted by Crippen LogP contribution is -2.41. The zero-order valence-corrected chi connectivity index (χ0v) is 15.9. The number of alkyl halides is 3. The van der Waals surface area contributed by atoms with Gasteiger partial charge >= 0.3 is 6.18 Å². The lowest BCUT2D eigenvalue weighted by Gasteiger charge is -2.35. The van der Waals surface area contributed by atoms with E-state index in [1.807, 2.05) is 6.92 Å². The SMILES string of the molecule is Cc1ccc(C(CNc2ccc3nnc(C(F)(F)F)n3n2)N2CCOCC2)cc1. The molecule has 1 unspecified atom stereocenters. The summed E-state index contributed by atoms with van der Waals surface area (Å²) in [5.41, 5.74) is 2.35. The van der Waals surface area contributed by atoms with Gasteiger partial charge in [-0.3, -0.25) is 4.90 Å². The van der Waals surface area contributed by atoms with Gasteiger partial charge in [-0.05, 0) is 24.6 Å². The maximum Gasteiger partial charge on any atom is 0.453 e. The van der Waals surface area contributed by atoms with Crippen molar-refractivity contribution in [3.63, 3.8) is 0 Å². The van der Waals surface area contributed by atoms with Crippen LogP contribution in [0.2, 0.25) is 0 Å². The van der Waals surface area contributed by atoms with Crippen LogP contribution >= 0.6 is 0 Å². The second kappa shape index (κ2) is 7.96. The highest BCUT2D eigenvalue weighted by molar-refractivity contribution is 5.44. The second-order valence-corrected chi connectivity index (χ2v) is 6.97. The average molecular weight is 406 g/mol. The molecule has 1 fully saturated rings. The number of halogens is 3. The third-order valence-electron chi connectivity index (χ3n) is 4.94. The molecule has 0 radical (unpaired) electrons. The Kier molecular flexibility index (Phi) is 5.37. The fourth-order valence-electron chi connectivity index (χ4n) is 3.40. The standard InChI is InChI=1S/C19H21F3N6O/c1-13-2-4-14(5-3-13)15(27-8-10-29-11-9-27)12-23-16-6-7-17-24-25-18(19(20,21)22)28(17)26-16/h2-7,15H,8-12H2,1H3,(H,23,26). The van der Waals surface area contributed by atoms with Gasteiger partial charge < -0.3 is 10.1 Å². The monoisotopic (exact) mass is 406 g/mol. The molecular weight excluding hydrogens is 385 g/mol. The van der Waals surface area contributed by atoms with Gasteiger partial charge in [0.1, 0.15) is 5.82 Å². The zero-order chi connectivity index (χ0) is 20.4. The van der Waals surface area contributed by atoms with E-state index in [1.54, 1.807) is 6.07 Å². The van der Waals surface area contributed by atoms with Crippen LogP contribution in [0.5, 0.6) is 0 Å². The van der Waals surface area contributed by atoms with Gasteiger partial charge in [-0.25, -0.2) is 0 Å². The maximum absolute atomic E-state index is 13.1. The first-order valence-electron chi connectivity index (χ1n) is 9.34. The minimum atomic E-state index is -4.62. The largest absolute Gasteiger partial charge is 0.453 e. The summed E-state index contributed by atoms with van der Waals surface area (Å²) in [6, 6.07) is 11.4. The number of fused-ring (bicyclic) bond motifs is 1. The quantitative estimate of drug-likeness (QED) is 0.703. The molecule has 2 aromatic heterocycles. The van der Waals surface area contributed by atoms with Crippen LogP contribution in [0.25, 0.3) is 5.65 Å². The zero-order valence-electron chi connectivity index (χ0n) is 15.9. The van der Waals surface area contributed by atoms with Gasteiger partial charge in [0.2, 0.25) is 0 Å². The lowest BCUT2D eigenvalue weighted by molar-refractivity contribution is -0.146. The molecule has 1 atom stereocenters. The molecule has 7 nitrogen and oxygen atoms in total. The number of nitrogens with zero attached hydrogens (tertiary/aromatic N) is 5. The van der Waals surface area contributed by atoms with Crippen LogP contribution in [0.4, 0.5) is 19.0 Å². The Morgan fingerprint density at radius 1 is 1.07 bits per heavy atom. The van der Waals surface area contributed by atoms with E-state index in [0.29, 0.717) is 25.6 Å². The molecule has 29 heavy (non-hydrogen) atoms. The van der Waals surface area contributed by atoms with E-state index in [2.05, 4.69) is 49.8 Å². The van der Waals surface area contributed by atoms with E-state index in [9.17, 15) is 13.2 Å². The van der Waals surface area contributed by atoms with Gasteiger partial charge in [0, 0.05) is 19.6 Å². The Bertz CT molecular complexity index is 966. The number of benzene rings is 1. The number of aromatic nitrogens is 4. The highest BCUT2D eigenvalue weighted by atomic mass is 19.4. The van der Waals surface area contributed by atoms with Crippen LogP contribution in [0.15, 0.2) is 36.4 Å². The second-order valence-electron chi connectivity index (χ2n) is 6.97. The first-order valence-corrected chi connectivity index (χ1v) is 9.34. The van der Waals surface area contributed by atoms with Crippen molar-refractivity contribution >= 4 is 11.5 Å². The van der Waals surface area contributed by atoms with Crippen molar-refractivity contribution in [2.75, 3.05) is 38.2 Å². The number of hydrogen-bond acceptors (Lipinski definition) is 6. The number of ether oxygens (including phenoxy) is 1. The summed E-state index contributed by atoms with van der Waals surface area (Å²) in [4.78, 5) is 2.31. The normalized spacial score (nSPS) is 16.8. The summed E-state index contributed by atoms with van der Waals surface area (Å²) in [6.45, 7) is 5.41. The third kappa shape index (κ3) is 4.33. The number of hydrogen-bond donors (Lipinski definition) is 1. The van der Waals surface area contributed by atoms with Gasteiger partial charge in [-0.2, -0.15) is 17.7 Å². The molecule has 1 N–H and O–H groups in total. The lowest BCUT2D eigenvalue weighted by atomic mass is 10.0. The summed E-state index contributed by atoms with van der Waals surface area (Å²) in [5.74, 6) is -0.812. The molecule has 0 amide bonds. The molecule has 0 bridgehead atoms. The number of morpholine rings is 1. The number of nitrogens with one attached hydrogen (secondary N) is 1. The van der Waals surface area contributed by atoms with E-state index in [0.717, 1.165) is 23.2 Å². The Balaban J connectivity index is 1.57. The van der Waals surface area contributed by atoms with Gasteiger partial charge in [-0.15, -0.1) is 15.3 Å². The fraction of sp³-hybridized carbons (Fsp3) is 0.421. The summed E-state index contributed by atoms with van der Waals surface area (Å²) < 4.78 is 45.4. The molecule has 0 spiro atoms. The number of anilines is 1. The van der Waals surface area contributed by atoms with Crippen LogP contribution in [-0.2, 0) is 10.9 Å². The van der Waals surface area contributed by atoms with Gasteiger partial charge in [0.05, 0.1) is 19.3 Å². The topological polar surface area (TPSA) is 67.6 Å². The van der Waals surface area contributed by atoms with Gasteiger partial charge in [-0.1, -0.05) is 29.8 Å². The molecule has 0 aliphatic carbocycles. The number of rotatable bonds is 5. The van der Waals surface area contributed by atoms with E-state index >= 15 is 0 Å². The number of aryl methyl sites for hydroxylation is 1. The summed E-state index contributed by atoms with van der Waals surface area (Å²) in [7, 11) is 0. The van der Waals surface area contributed by atoms with E-state index in [1.165, 1.54) is 11.6 Å². The summed E-state index contributed by atoms with van der Waals surface area (Å²) >= 11 is 0. The van der Waals surface area contributed by atoms with E-state index in [-0.39, 0.29) is 11.7 Å². The fourth-order valence-corrected chi connectivity index (χ4v) is 3.40. The average Bonchev–Trinajstić information content (AvgIpc) is 3.14. The van der Waals surface area contributed by atoms with E-state index < -0.39 is 12.0 Å². The molecule has 0 saturated carbocycles. The highest BCUT2D eigenvalue weighted by Gasteiger charge is 2.37. The van der Waals surface area contributed by atoms with Crippen LogP contribution < -0.4 is 5.32 Å². The van der Waals surface area contributed by atoms with Gasteiger partial charge in [0.25, 0.3) is 5.82 Å². The van der Waals surface area contributed by atoms with Gasteiger partial charge in [0.15, 0.2) is 5.65 Å². The Morgan fingerprint density at radius 2 is 1.79 bits per heavy atom. The van der Waals surface area contributed by atoms with E-state index in [4.69, 9.17) is 4.74 Å². The van der Waals surface area contributed by atoms with Crippen molar-refractivity contribution in [3.8, 4) is 0 Å². The molecule has 154 valence electrons. The molecule has 3 heterocycles. The Morgan fingerprint density at radius 3 is 2.48 bits per heavy atom. The molecule has 3 aromatic rings. The third-order valence-corrected chi connectivity index (χ3v) is 4.94. The van der Waals surface area contributed by atoms with Crippen LogP contribution in [0, 0.1) is 6.92 Å². The van der Waals surface area contributed by atoms with Crippen molar-refractivity contribution in [2.45, 2.75) is 19.1 Å². The van der Waals surface area contributed by atoms with Crippen molar-refractivity contribution in [3.05, 3.63) is 53.3 Å². The minimum absolute atomic E-state index is 0.0417. The summed E-state index contributed by atoms with van der Waals surface area (Å²) in [6.07, 6.45) is -4.62. The molecule has 1 saturated heterocycles. The first-order chi connectivity index (χ1) is 13.9. The molecular formula is C19H21F3N6O. The first kappa shape index (κ1) is 19.6. The molecule has 4 rings (SSSR count). The highest BCUT2D eigenvalue weighted by Crippen LogP contribution is 2.28. The van der Waals surface area contributed by atoms with Crippen LogP contribution in [0.3, 0.4) is 0 Å². The Labute approximate surface area is 165 Å². The van der Waals surface area contributed by atoms with Crippen molar-refractivity contribution in [2.24, 2.45) is 0 Å². The Hall–Kier alpha value is -2.72. The predicted molar refractivity (Wildman–Crippen MR) is 101 cm³/mol. The smallest absolute Gasteiger partial charge is 0.379 e. The minimum Gasteiger partial charge on any atom is -0.379 e.